The first-order valence-electron chi connectivity index (χ1n) is 8.42. The third kappa shape index (κ3) is 4.28. The van der Waals surface area contributed by atoms with E-state index in [-0.39, 0.29) is 42.3 Å². The van der Waals surface area contributed by atoms with Gasteiger partial charge in [0, 0.05) is 18.4 Å². The van der Waals surface area contributed by atoms with Gasteiger partial charge in [-0.3, -0.25) is 19.3 Å². The second-order valence-corrected chi connectivity index (χ2v) is 6.20. The average molecular weight is 387 g/mol. The molecule has 1 saturated heterocycles. The summed E-state index contributed by atoms with van der Waals surface area (Å²) in [5.41, 5.74) is 0.723. The third-order valence-electron chi connectivity index (χ3n) is 4.26. The summed E-state index contributed by atoms with van der Waals surface area (Å²) in [5, 5.41) is 0. The zero-order chi connectivity index (χ0) is 20.3. The molecule has 0 radical (unpaired) electrons. The second-order valence-electron chi connectivity index (χ2n) is 6.20. The van der Waals surface area contributed by atoms with E-state index >= 15 is 0 Å². The number of imide groups is 1. The topological polar surface area (TPSA) is 80.8 Å². The van der Waals surface area contributed by atoms with Crippen LogP contribution in [0.2, 0.25) is 0 Å². The minimum absolute atomic E-state index is 0.109. The number of likely N-dealkylation sites (tertiary alicyclic amines) is 1. The van der Waals surface area contributed by atoms with E-state index in [2.05, 4.69) is 0 Å². The zero-order valence-electron chi connectivity index (χ0n) is 14.6. The first-order chi connectivity index (χ1) is 13.3. The fourth-order valence-electron chi connectivity index (χ4n) is 2.70. The third-order valence-corrected chi connectivity index (χ3v) is 4.26. The van der Waals surface area contributed by atoms with Gasteiger partial charge in [-0.05, 0) is 35.9 Å². The molecule has 1 aliphatic heterocycles. The molecule has 28 heavy (non-hydrogen) atoms. The predicted molar refractivity (Wildman–Crippen MR) is 92.2 cm³/mol. The molecule has 144 valence electrons. The number of benzene rings is 2. The maximum absolute atomic E-state index is 13.2. The molecule has 0 atom stereocenters. The van der Waals surface area contributed by atoms with Crippen LogP contribution in [0.3, 0.4) is 0 Å². The summed E-state index contributed by atoms with van der Waals surface area (Å²) in [6.07, 6.45) is 0.407. The summed E-state index contributed by atoms with van der Waals surface area (Å²) >= 11 is 0. The maximum atomic E-state index is 13.2. The van der Waals surface area contributed by atoms with Crippen LogP contribution in [0.15, 0.2) is 42.5 Å². The smallest absolute Gasteiger partial charge is 0.338 e. The Labute approximate surface area is 158 Å². The van der Waals surface area contributed by atoms with Crippen molar-refractivity contribution >= 4 is 23.6 Å². The highest BCUT2D eigenvalue weighted by atomic mass is 19.2. The molecule has 0 unspecified atom stereocenters. The second kappa shape index (κ2) is 8.08. The first-order valence-corrected chi connectivity index (χ1v) is 8.42. The van der Waals surface area contributed by atoms with E-state index < -0.39 is 30.0 Å². The van der Waals surface area contributed by atoms with Crippen molar-refractivity contribution in [2.24, 2.45) is 0 Å². The first kappa shape index (κ1) is 19.3. The van der Waals surface area contributed by atoms with Gasteiger partial charge < -0.3 is 4.74 Å². The Balaban J connectivity index is 1.57. The minimum Gasteiger partial charge on any atom is -0.454 e. The summed E-state index contributed by atoms with van der Waals surface area (Å²) in [6, 6.07) is 8.71. The number of hydrogen-bond donors (Lipinski definition) is 0. The van der Waals surface area contributed by atoms with Crippen molar-refractivity contribution in [3.8, 4) is 0 Å². The molecule has 2 aromatic rings. The molecule has 0 N–H and O–H groups in total. The molecule has 2 aromatic carbocycles. The Hall–Kier alpha value is -3.42. The van der Waals surface area contributed by atoms with E-state index in [1.54, 1.807) is 12.1 Å². The number of ketones is 1. The SMILES string of the molecule is O=C(COC(=O)c1ccc(CN2C(=O)CCC2=O)cc1)c1ccc(F)c(F)c1. The van der Waals surface area contributed by atoms with Crippen molar-refractivity contribution < 1.29 is 32.7 Å². The number of carbonyl (C=O) groups excluding carboxylic acids is 4. The maximum Gasteiger partial charge on any atom is 0.338 e. The fraction of sp³-hybridized carbons (Fsp3) is 0.200. The number of amides is 2. The van der Waals surface area contributed by atoms with Crippen LogP contribution in [0.25, 0.3) is 0 Å². The van der Waals surface area contributed by atoms with Crippen molar-refractivity contribution in [2.45, 2.75) is 19.4 Å². The number of rotatable bonds is 6. The largest absolute Gasteiger partial charge is 0.454 e. The van der Waals surface area contributed by atoms with Crippen LogP contribution in [0, 0.1) is 11.6 Å². The number of Topliss-reactive ketones (excluding diaryl/α,β-unsaturated/α-hetero) is 1. The lowest BCUT2D eigenvalue weighted by Crippen LogP contribution is -2.28. The summed E-state index contributed by atoms with van der Waals surface area (Å²) in [6.45, 7) is -0.496. The Kier molecular flexibility index (Phi) is 5.58. The van der Waals surface area contributed by atoms with Crippen molar-refractivity contribution in [3.05, 3.63) is 70.8 Å². The lowest BCUT2D eigenvalue weighted by atomic mass is 10.1. The van der Waals surface area contributed by atoms with Gasteiger partial charge in [0.1, 0.15) is 0 Å². The molecule has 1 aliphatic rings. The molecule has 6 nitrogen and oxygen atoms in total. The summed E-state index contributed by atoms with van der Waals surface area (Å²) in [7, 11) is 0. The van der Waals surface area contributed by atoms with Gasteiger partial charge in [-0.1, -0.05) is 12.1 Å². The van der Waals surface area contributed by atoms with Crippen LogP contribution in [-0.2, 0) is 20.9 Å². The minimum atomic E-state index is -1.16. The number of halogens is 2. The highest BCUT2D eigenvalue weighted by Gasteiger charge is 2.28. The Morgan fingerprint density at radius 2 is 1.50 bits per heavy atom. The van der Waals surface area contributed by atoms with E-state index in [0.29, 0.717) is 5.56 Å². The molecule has 0 aliphatic carbocycles. The lowest BCUT2D eigenvalue weighted by molar-refractivity contribution is -0.139. The van der Waals surface area contributed by atoms with Crippen molar-refractivity contribution in [1.29, 1.82) is 0 Å². The van der Waals surface area contributed by atoms with E-state index in [9.17, 15) is 28.0 Å². The molecule has 3 rings (SSSR count). The number of hydrogen-bond acceptors (Lipinski definition) is 5. The quantitative estimate of drug-likeness (QED) is 0.433. The highest BCUT2D eigenvalue weighted by Crippen LogP contribution is 2.16. The summed E-state index contributed by atoms with van der Waals surface area (Å²) < 4.78 is 30.9. The highest BCUT2D eigenvalue weighted by molar-refractivity contribution is 6.02. The van der Waals surface area contributed by atoms with Crippen LogP contribution in [0.4, 0.5) is 8.78 Å². The molecular weight excluding hydrogens is 372 g/mol. The van der Waals surface area contributed by atoms with Gasteiger partial charge >= 0.3 is 5.97 Å². The Morgan fingerprint density at radius 1 is 0.893 bits per heavy atom. The molecule has 1 fully saturated rings. The monoisotopic (exact) mass is 387 g/mol. The standard InChI is InChI=1S/C20H15F2NO5/c21-15-6-5-14(9-16(15)22)17(24)11-28-20(27)13-3-1-12(2-4-13)10-23-18(25)7-8-19(23)26/h1-6,9H,7-8,10-11H2. The normalized spacial score (nSPS) is 13.7. The van der Waals surface area contributed by atoms with Crippen molar-refractivity contribution in [2.75, 3.05) is 6.61 Å². The van der Waals surface area contributed by atoms with Crippen molar-refractivity contribution in [3.63, 3.8) is 0 Å². The van der Waals surface area contributed by atoms with Crippen molar-refractivity contribution in [1.82, 2.24) is 4.90 Å². The Bertz CT molecular complexity index is 940. The predicted octanol–water partition coefficient (Wildman–Crippen LogP) is 2.65. The molecular formula is C20H15F2NO5. The van der Waals surface area contributed by atoms with E-state index in [1.807, 2.05) is 0 Å². The van der Waals surface area contributed by atoms with Crippen LogP contribution in [0.1, 0.15) is 39.1 Å². The summed E-state index contributed by atoms with van der Waals surface area (Å²) in [5.74, 6) is -4.15. The van der Waals surface area contributed by atoms with Crippen LogP contribution in [0.5, 0.6) is 0 Å². The van der Waals surface area contributed by atoms with Gasteiger partial charge in [0.05, 0.1) is 12.1 Å². The zero-order valence-corrected chi connectivity index (χ0v) is 14.6. The van der Waals surface area contributed by atoms with E-state index in [4.69, 9.17) is 4.74 Å². The van der Waals surface area contributed by atoms with Gasteiger partial charge in [-0.25, -0.2) is 13.6 Å². The van der Waals surface area contributed by atoms with E-state index in [0.717, 1.165) is 23.1 Å². The molecule has 0 saturated carbocycles. The Morgan fingerprint density at radius 3 is 2.11 bits per heavy atom. The summed E-state index contributed by atoms with van der Waals surface area (Å²) in [4.78, 5) is 48.4. The fourth-order valence-corrected chi connectivity index (χ4v) is 2.70. The van der Waals surface area contributed by atoms with Gasteiger partial charge in [-0.15, -0.1) is 0 Å². The van der Waals surface area contributed by atoms with Crippen LogP contribution in [-0.4, -0.2) is 35.1 Å². The molecule has 2 amide bonds. The van der Waals surface area contributed by atoms with Gasteiger partial charge in [0.2, 0.25) is 11.8 Å². The number of nitrogens with zero attached hydrogens (tertiary/aromatic N) is 1. The molecule has 0 bridgehead atoms. The van der Waals surface area contributed by atoms with Gasteiger partial charge in [0.25, 0.3) is 0 Å². The van der Waals surface area contributed by atoms with Crippen LogP contribution < -0.4 is 0 Å². The number of ether oxygens (including phenoxy) is 1. The lowest BCUT2D eigenvalue weighted by Gasteiger charge is -2.13. The van der Waals surface area contributed by atoms with Gasteiger partial charge in [0.15, 0.2) is 24.0 Å². The molecule has 8 heteroatoms. The van der Waals surface area contributed by atoms with E-state index in [1.165, 1.54) is 12.1 Å². The molecule has 0 spiro atoms. The molecule has 0 aromatic heterocycles. The molecule has 1 heterocycles. The van der Waals surface area contributed by atoms with Gasteiger partial charge in [-0.2, -0.15) is 0 Å². The van der Waals surface area contributed by atoms with Crippen LogP contribution >= 0.6 is 0 Å². The average Bonchev–Trinajstić information content (AvgIpc) is 3.00. The number of esters is 1. The number of carbonyl (C=O) groups is 4.